The predicted octanol–water partition coefficient (Wildman–Crippen LogP) is 4.67. The van der Waals surface area contributed by atoms with Crippen molar-refractivity contribution >= 4 is 38.9 Å². The van der Waals surface area contributed by atoms with E-state index < -0.39 is 0 Å². The van der Waals surface area contributed by atoms with Crippen molar-refractivity contribution in [3.63, 3.8) is 0 Å². The van der Waals surface area contributed by atoms with Crippen molar-refractivity contribution in [2.45, 2.75) is 6.04 Å². The molecule has 0 radical (unpaired) electrons. The zero-order valence-corrected chi connectivity index (χ0v) is 14.0. The highest BCUT2D eigenvalue weighted by atomic mass is 79.9. The molecule has 0 aliphatic carbocycles. The van der Waals surface area contributed by atoms with Crippen LogP contribution < -0.4 is 5.73 Å². The lowest BCUT2D eigenvalue weighted by Crippen LogP contribution is -2.11. The molecule has 1 unspecified atom stereocenters. The van der Waals surface area contributed by atoms with Crippen LogP contribution in [0, 0.1) is 0 Å². The largest absolute Gasteiger partial charge is 0.318 e. The van der Waals surface area contributed by atoms with Crippen LogP contribution in [0.25, 0.3) is 10.6 Å². The van der Waals surface area contributed by atoms with Gasteiger partial charge in [0.2, 0.25) is 0 Å². The lowest BCUT2D eigenvalue weighted by Gasteiger charge is -2.07. The van der Waals surface area contributed by atoms with Crippen LogP contribution in [-0.2, 0) is 0 Å². The van der Waals surface area contributed by atoms with Crippen LogP contribution in [0.3, 0.4) is 0 Å². The summed E-state index contributed by atoms with van der Waals surface area (Å²) in [5.41, 5.74) is 8.23. The van der Waals surface area contributed by atoms with Gasteiger partial charge < -0.3 is 5.73 Å². The Bertz CT molecular complexity index is 761. The molecule has 0 spiro atoms. The third-order valence-electron chi connectivity index (χ3n) is 3.03. The average molecular weight is 381 g/mol. The normalized spacial score (nSPS) is 12.3. The number of nitrogens with two attached hydrogens (primary N) is 1. The quantitative estimate of drug-likeness (QED) is 0.718. The lowest BCUT2D eigenvalue weighted by atomic mass is 10.1. The van der Waals surface area contributed by atoms with Crippen molar-refractivity contribution in [1.82, 2.24) is 10.2 Å². The minimum absolute atomic E-state index is 0.261. The maximum atomic E-state index is 6.24. The van der Waals surface area contributed by atoms with Crippen molar-refractivity contribution in [2.75, 3.05) is 0 Å². The number of rotatable bonds is 3. The molecule has 0 aliphatic heterocycles. The Balaban J connectivity index is 1.93. The van der Waals surface area contributed by atoms with Gasteiger partial charge >= 0.3 is 0 Å². The summed E-state index contributed by atoms with van der Waals surface area (Å²) >= 11 is 10.9. The third kappa shape index (κ3) is 3.16. The molecule has 1 atom stereocenters. The van der Waals surface area contributed by atoms with Crippen molar-refractivity contribution in [3.05, 3.63) is 68.6 Å². The number of halogens is 2. The minimum Gasteiger partial charge on any atom is -0.318 e. The Morgan fingerprint density at radius 2 is 1.86 bits per heavy atom. The second-order valence-electron chi connectivity index (χ2n) is 4.46. The zero-order valence-electron chi connectivity index (χ0n) is 10.8. The van der Waals surface area contributed by atoms with Crippen LogP contribution in [0.1, 0.15) is 16.6 Å². The molecule has 1 aromatic heterocycles. The molecule has 2 aromatic carbocycles. The maximum Gasteiger partial charge on any atom is 0.149 e. The van der Waals surface area contributed by atoms with Gasteiger partial charge in [-0.05, 0) is 23.8 Å². The Kier molecular flexibility index (Phi) is 4.35. The fourth-order valence-electron chi connectivity index (χ4n) is 1.93. The average Bonchev–Trinajstić information content (AvgIpc) is 2.97. The molecule has 0 aliphatic rings. The Labute approximate surface area is 139 Å². The van der Waals surface area contributed by atoms with Gasteiger partial charge in [0, 0.05) is 15.1 Å². The van der Waals surface area contributed by atoms with Crippen LogP contribution >= 0.6 is 38.9 Å². The fraction of sp³-hybridized carbons (Fsp3) is 0.0667. The SMILES string of the molecule is NC(c1ccccc1)c1nnc(-c2ccc(Cl)cc2Br)s1. The first-order chi connectivity index (χ1) is 10.1. The van der Waals surface area contributed by atoms with Crippen LogP contribution in [0.2, 0.25) is 5.02 Å². The molecule has 3 rings (SSSR count). The monoisotopic (exact) mass is 379 g/mol. The molecule has 0 amide bonds. The Morgan fingerprint density at radius 3 is 2.57 bits per heavy atom. The predicted molar refractivity (Wildman–Crippen MR) is 90.5 cm³/mol. The highest BCUT2D eigenvalue weighted by Crippen LogP contribution is 2.34. The highest BCUT2D eigenvalue weighted by Gasteiger charge is 2.16. The topological polar surface area (TPSA) is 51.8 Å². The molecule has 1 heterocycles. The van der Waals surface area contributed by atoms with Gasteiger partial charge in [0.25, 0.3) is 0 Å². The number of benzene rings is 2. The van der Waals surface area contributed by atoms with Gasteiger partial charge in [0.15, 0.2) is 0 Å². The number of hydrogen-bond acceptors (Lipinski definition) is 4. The highest BCUT2D eigenvalue weighted by molar-refractivity contribution is 9.10. The fourth-order valence-corrected chi connectivity index (χ4v) is 3.85. The van der Waals surface area contributed by atoms with Gasteiger partial charge in [-0.25, -0.2) is 0 Å². The van der Waals surface area contributed by atoms with E-state index in [1.165, 1.54) is 11.3 Å². The summed E-state index contributed by atoms with van der Waals surface area (Å²) in [6, 6.07) is 15.2. The van der Waals surface area contributed by atoms with Crippen molar-refractivity contribution < 1.29 is 0 Å². The summed E-state index contributed by atoms with van der Waals surface area (Å²) in [4.78, 5) is 0. The standard InChI is InChI=1S/C15H11BrClN3S/c16-12-8-10(17)6-7-11(12)14-19-20-15(21-14)13(18)9-4-2-1-3-5-9/h1-8,13H,18H2. The van der Waals surface area contributed by atoms with E-state index in [9.17, 15) is 0 Å². The molecule has 106 valence electrons. The summed E-state index contributed by atoms with van der Waals surface area (Å²) in [6.45, 7) is 0. The van der Waals surface area contributed by atoms with Crippen LogP contribution in [0.5, 0.6) is 0 Å². The lowest BCUT2D eigenvalue weighted by molar-refractivity contribution is 0.831. The van der Waals surface area contributed by atoms with Crippen LogP contribution in [0.15, 0.2) is 53.0 Å². The van der Waals surface area contributed by atoms with Crippen molar-refractivity contribution in [3.8, 4) is 10.6 Å². The summed E-state index contributed by atoms with van der Waals surface area (Å²) < 4.78 is 0.894. The zero-order chi connectivity index (χ0) is 14.8. The molecule has 6 heteroatoms. The van der Waals surface area contributed by atoms with E-state index in [0.29, 0.717) is 5.02 Å². The molecule has 0 saturated heterocycles. The van der Waals surface area contributed by atoms with E-state index in [-0.39, 0.29) is 6.04 Å². The first-order valence-corrected chi connectivity index (χ1v) is 8.23. The van der Waals surface area contributed by atoms with E-state index >= 15 is 0 Å². The second kappa shape index (κ2) is 6.23. The minimum atomic E-state index is -0.261. The molecule has 3 aromatic rings. The molecule has 2 N–H and O–H groups in total. The molecule has 0 bridgehead atoms. The van der Waals surface area contributed by atoms with Gasteiger partial charge in [-0.1, -0.05) is 69.2 Å². The first kappa shape index (κ1) is 14.7. The number of nitrogens with zero attached hydrogens (tertiary/aromatic N) is 2. The van der Waals surface area contributed by atoms with Crippen molar-refractivity contribution in [1.29, 1.82) is 0 Å². The molecular formula is C15H11BrClN3S. The van der Waals surface area contributed by atoms with E-state index in [0.717, 1.165) is 25.6 Å². The van der Waals surface area contributed by atoms with E-state index in [1.807, 2.05) is 48.5 Å². The van der Waals surface area contributed by atoms with Crippen molar-refractivity contribution in [2.24, 2.45) is 5.73 Å². The van der Waals surface area contributed by atoms with Crippen LogP contribution in [0.4, 0.5) is 0 Å². The molecule has 21 heavy (non-hydrogen) atoms. The van der Waals surface area contributed by atoms with Crippen LogP contribution in [-0.4, -0.2) is 10.2 Å². The first-order valence-electron chi connectivity index (χ1n) is 6.24. The van der Waals surface area contributed by atoms with Gasteiger partial charge in [0.05, 0.1) is 6.04 Å². The molecule has 3 nitrogen and oxygen atoms in total. The third-order valence-corrected chi connectivity index (χ3v) is 4.96. The Hall–Kier alpha value is -1.27. The summed E-state index contributed by atoms with van der Waals surface area (Å²) in [7, 11) is 0. The molecular weight excluding hydrogens is 370 g/mol. The maximum absolute atomic E-state index is 6.24. The van der Waals surface area contributed by atoms with Gasteiger partial charge in [-0.3, -0.25) is 0 Å². The summed E-state index contributed by atoms with van der Waals surface area (Å²) in [5.74, 6) is 0. The van der Waals surface area contributed by atoms with E-state index in [1.54, 1.807) is 0 Å². The Morgan fingerprint density at radius 1 is 1.10 bits per heavy atom. The van der Waals surface area contributed by atoms with Gasteiger partial charge in [-0.15, -0.1) is 10.2 Å². The number of hydrogen-bond donors (Lipinski definition) is 1. The van der Waals surface area contributed by atoms with Gasteiger partial charge in [0.1, 0.15) is 10.0 Å². The van der Waals surface area contributed by atoms with Gasteiger partial charge in [-0.2, -0.15) is 0 Å². The second-order valence-corrected chi connectivity index (χ2v) is 6.76. The molecule has 0 saturated carbocycles. The molecule has 0 fully saturated rings. The summed E-state index contributed by atoms with van der Waals surface area (Å²) in [5, 5.41) is 10.7. The van der Waals surface area contributed by atoms with E-state index in [4.69, 9.17) is 17.3 Å². The van der Waals surface area contributed by atoms with E-state index in [2.05, 4.69) is 26.1 Å². The summed E-state index contributed by atoms with van der Waals surface area (Å²) in [6.07, 6.45) is 0. The number of aromatic nitrogens is 2. The smallest absolute Gasteiger partial charge is 0.149 e.